The van der Waals surface area contributed by atoms with Crippen LogP contribution in [-0.4, -0.2) is 34.5 Å². The number of piperidine rings is 1. The Morgan fingerprint density at radius 1 is 1.50 bits per heavy atom. The fourth-order valence-electron chi connectivity index (χ4n) is 2.22. The smallest absolute Gasteiger partial charge is 0.326 e. The molecule has 2 rings (SSSR count). The van der Waals surface area contributed by atoms with E-state index in [1.165, 1.54) is 16.2 Å². The number of nitrogens with two attached hydrogens (primary N) is 1. The normalized spacial score (nSPS) is 21.6. The third-order valence-electron chi connectivity index (χ3n) is 3.19. The Kier molecular flexibility index (Phi) is 3.98. The van der Waals surface area contributed by atoms with E-state index in [4.69, 9.17) is 10.8 Å². The minimum Gasteiger partial charge on any atom is -0.480 e. The maximum atomic E-state index is 12.3. The molecule has 5 nitrogen and oxygen atoms in total. The molecule has 2 atom stereocenters. The van der Waals surface area contributed by atoms with Gasteiger partial charge in [0.1, 0.15) is 12.1 Å². The van der Waals surface area contributed by atoms with Crippen molar-refractivity contribution in [1.82, 2.24) is 4.90 Å². The Labute approximate surface area is 109 Å². The Bertz CT molecular complexity index is 433. The highest BCUT2D eigenvalue weighted by Gasteiger charge is 2.34. The molecule has 1 fully saturated rings. The van der Waals surface area contributed by atoms with Crippen LogP contribution < -0.4 is 5.73 Å². The quantitative estimate of drug-likeness (QED) is 0.863. The Balaban J connectivity index is 2.13. The molecular formula is C12H16N2O3S. The van der Waals surface area contributed by atoms with Gasteiger partial charge in [0.15, 0.2) is 0 Å². The van der Waals surface area contributed by atoms with E-state index < -0.39 is 18.1 Å². The second kappa shape index (κ2) is 5.49. The average Bonchev–Trinajstić information content (AvgIpc) is 2.90. The number of carboxylic acids is 1. The van der Waals surface area contributed by atoms with E-state index in [0.29, 0.717) is 13.0 Å². The van der Waals surface area contributed by atoms with Gasteiger partial charge in [-0.15, -0.1) is 11.3 Å². The molecule has 1 aliphatic heterocycles. The molecule has 0 aliphatic carbocycles. The fourth-order valence-corrected chi connectivity index (χ4v) is 2.94. The van der Waals surface area contributed by atoms with Crippen LogP contribution in [0.2, 0.25) is 0 Å². The van der Waals surface area contributed by atoms with Crippen molar-refractivity contribution >= 4 is 23.2 Å². The molecular weight excluding hydrogens is 252 g/mol. The third kappa shape index (κ3) is 2.54. The summed E-state index contributed by atoms with van der Waals surface area (Å²) in [5.41, 5.74) is 5.90. The monoisotopic (exact) mass is 268 g/mol. The van der Waals surface area contributed by atoms with Gasteiger partial charge in [-0.1, -0.05) is 6.07 Å². The first-order valence-corrected chi connectivity index (χ1v) is 6.81. The number of rotatable bonds is 3. The molecule has 2 heterocycles. The number of carbonyl (C=O) groups is 2. The van der Waals surface area contributed by atoms with Gasteiger partial charge in [0.25, 0.3) is 0 Å². The van der Waals surface area contributed by atoms with E-state index in [1.807, 2.05) is 11.4 Å². The van der Waals surface area contributed by atoms with E-state index >= 15 is 0 Å². The van der Waals surface area contributed by atoms with Crippen LogP contribution >= 0.6 is 11.3 Å². The fraction of sp³-hybridized carbons (Fsp3) is 0.500. The standard InChI is InChI=1S/C12H16N2O3S/c13-10(9-5-3-7-18-9)11(15)14-6-2-1-4-8(14)12(16)17/h3,5,7-8,10H,1-2,4,6,13H2,(H,16,17). The SMILES string of the molecule is NC(C(=O)N1CCCCC1C(=O)O)c1cccs1. The van der Waals surface area contributed by atoms with Crippen molar-refractivity contribution in [2.24, 2.45) is 5.73 Å². The molecule has 3 N–H and O–H groups in total. The first-order valence-electron chi connectivity index (χ1n) is 5.93. The van der Waals surface area contributed by atoms with E-state index in [2.05, 4.69) is 0 Å². The highest BCUT2D eigenvalue weighted by Crippen LogP contribution is 2.24. The van der Waals surface area contributed by atoms with Crippen molar-refractivity contribution in [3.05, 3.63) is 22.4 Å². The number of nitrogens with zero attached hydrogens (tertiary/aromatic N) is 1. The summed E-state index contributed by atoms with van der Waals surface area (Å²) in [5.74, 6) is -1.23. The molecule has 1 aliphatic rings. The maximum Gasteiger partial charge on any atom is 0.326 e. The number of aliphatic carboxylic acids is 1. The number of likely N-dealkylation sites (tertiary alicyclic amines) is 1. The van der Waals surface area contributed by atoms with Crippen LogP contribution in [0.3, 0.4) is 0 Å². The van der Waals surface area contributed by atoms with Gasteiger partial charge in [-0.25, -0.2) is 4.79 Å². The van der Waals surface area contributed by atoms with Crippen molar-refractivity contribution in [1.29, 1.82) is 0 Å². The molecule has 6 heteroatoms. The zero-order valence-corrected chi connectivity index (χ0v) is 10.7. The van der Waals surface area contributed by atoms with Gasteiger partial charge < -0.3 is 15.7 Å². The average molecular weight is 268 g/mol. The molecule has 2 unspecified atom stereocenters. The van der Waals surface area contributed by atoms with Crippen LogP contribution in [0.25, 0.3) is 0 Å². The molecule has 1 saturated heterocycles. The number of hydrogen-bond donors (Lipinski definition) is 2. The lowest BCUT2D eigenvalue weighted by Gasteiger charge is -2.34. The van der Waals surface area contributed by atoms with Gasteiger partial charge in [-0.2, -0.15) is 0 Å². The van der Waals surface area contributed by atoms with Gasteiger partial charge in [0.2, 0.25) is 5.91 Å². The lowest BCUT2D eigenvalue weighted by molar-refractivity contribution is -0.152. The van der Waals surface area contributed by atoms with Crippen molar-refractivity contribution in [3.8, 4) is 0 Å². The van der Waals surface area contributed by atoms with Gasteiger partial charge in [0, 0.05) is 11.4 Å². The molecule has 18 heavy (non-hydrogen) atoms. The summed E-state index contributed by atoms with van der Waals surface area (Å²) in [5, 5.41) is 11.0. The van der Waals surface area contributed by atoms with E-state index in [-0.39, 0.29) is 5.91 Å². The highest BCUT2D eigenvalue weighted by atomic mass is 32.1. The number of carboxylic acid groups (broad SMARTS) is 1. The zero-order chi connectivity index (χ0) is 13.1. The molecule has 0 bridgehead atoms. The van der Waals surface area contributed by atoms with Crippen LogP contribution in [-0.2, 0) is 9.59 Å². The van der Waals surface area contributed by atoms with Crippen LogP contribution in [0.1, 0.15) is 30.2 Å². The van der Waals surface area contributed by atoms with Gasteiger partial charge >= 0.3 is 5.97 Å². The summed E-state index contributed by atoms with van der Waals surface area (Å²) in [6.07, 6.45) is 2.19. The van der Waals surface area contributed by atoms with E-state index in [9.17, 15) is 9.59 Å². The lowest BCUT2D eigenvalue weighted by atomic mass is 10.0. The lowest BCUT2D eigenvalue weighted by Crippen LogP contribution is -2.50. The molecule has 0 aromatic carbocycles. The van der Waals surface area contributed by atoms with Crippen molar-refractivity contribution < 1.29 is 14.7 Å². The number of amides is 1. The van der Waals surface area contributed by atoms with Crippen molar-refractivity contribution in [3.63, 3.8) is 0 Å². The van der Waals surface area contributed by atoms with E-state index in [1.54, 1.807) is 6.07 Å². The topological polar surface area (TPSA) is 83.6 Å². The van der Waals surface area contributed by atoms with Crippen LogP contribution in [0.4, 0.5) is 0 Å². The molecule has 0 radical (unpaired) electrons. The number of hydrogen-bond acceptors (Lipinski definition) is 4. The summed E-state index contributed by atoms with van der Waals surface area (Å²) in [4.78, 5) is 25.6. The minimum absolute atomic E-state index is 0.287. The molecule has 0 saturated carbocycles. The molecule has 0 spiro atoms. The Morgan fingerprint density at radius 2 is 2.28 bits per heavy atom. The first kappa shape index (κ1) is 13.0. The van der Waals surface area contributed by atoms with Crippen LogP contribution in [0, 0.1) is 0 Å². The molecule has 1 amide bonds. The summed E-state index contributed by atoms with van der Waals surface area (Å²) in [6, 6.07) is 2.16. The van der Waals surface area contributed by atoms with Crippen LogP contribution in [0.15, 0.2) is 17.5 Å². The number of thiophene rings is 1. The Morgan fingerprint density at radius 3 is 2.89 bits per heavy atom. The van der Waals surface area contributed by atoms with Gasteiger partial charge in [-0.3, -0.25) is 4.79 Å². The maximum absolute atomic E-state index is 12.3. The molecule has 98 valence electrons. The first-order chi connectivity index (χ1) is 8.61. The van der Waals surface area contributed by atoms with Crippen molar-refractivity contribution in [2.45, 2.75) is 31.3 Å². The predicted molar refractivity (Wildman–Crippen MR) is 68.2 cm³/mol. The third-order valence-corrected chi connectivity index (χ3v) is 4.14. The largest absolute Gasteiger partial charge is 0.480 e. The van der Waals surface area contributed by atoms with Crippen molar-refractivity contribution in [2.75, 3.05) is 6.54 Å². The second-order valence-corrected chi connectivity index (χ2v) is 5.35. The summed E-state index contributed by atoms with van der Waals surface area (Å²) < 4.78 is 0. The highest BCUT2D eigenvalue weighted by molar-refractivity contribution is 7.10. The van der Waals surface area contributed by atoms with Gasteiger partial charge in [-0.05, 0) is 30.7 Å². The Hall–Kier alpha value is -1.40. The van der Waals surface area contributed by atoms with E-state index in [0.717, 1.165) is 17.7 Å². The number of carbonyl (C=O) groups excluding carboxylic acids is 1. The van der Waals surface area contributed by atoms with Crippen LogP contribution in [0.5, 0.6) is 0 Å². The molecule has 1 aromatic rings. The summed E-state index contributed by atoms with van der Waals surface area (Å²) in [7, 11) is 0. The molecule has 1 aromatic heterocycles. The van der Waals surface area contributed by atoms with Gasteiger partial charge in [0.05, 0.1) is 0 Å². The zero-order valence-electron chi connectivity index (χ0n) is 9.91. The second-order valence-electron chi connectivity index (χ2n) is 4.37. The summed E-state index contributed by atoms with van der Waals surface area (Å²) in [6.45, 7) is 0.481. The predicted octanol–water partition coefficient (Wildman–Crippen LogP) is 1.21. The summed E-state index contributed by atoms with van der Waals surface area (Å²) >= 11 is 1.41. The minimum atomic E-state index is -0.943.